The molecule has 0 bridgehead atoms. The number of hydrogen-bond acceptors (Lipinski definition) is 5. The summed E-state index contributed by atoms with van der Waals surface area (Å²) < 4.78 is 1.02. The molecule has 0 radical (unpaired) electrons. The van der Waals surface area contributed by atoms with Crippen molar-refractivity contribution in [1.29, 1.82) is 0 Å². The molecule has 0 aliphatic heterocycles. The second kappa shape index (κ2) is 5.03. The molecule has 4 nitrogen and oxygen atoms in total. The summed E-state index contributed by atoms with van der Waals surface area (Å²) in [5.41, 5.74) is 4.10. The average molecular weight is 308 g/mol. The van der Waals surface area contributed by atoms with Crippen molar-refractivity contribution < 1.29 is 10.0 Å². The molecule has 0 unspecified atom stereocenters. The predicted molar refractivity (Wildman–Crippen MR) is 86.1 cm³/mol. The van der Waals surface area contributed by atoms with Crippen LogP contribution in [0.5, 0.6) is 0 Å². The fourth-order valence-corrected chi connectivity index (χ4v) is 3.83. The second-order valence-electron chi connectivity index (χ2n) is 5.27. The van der Waals surface area contributed by atoms with Crippen LogP contribution < -0.4 is 0 Å². The van der Waals surface area contributed by atoms with Gasteiger partial charge in [0.25, 0.3) is 0 Å². The normalized spacial score (nSPS) is 15.4. The van der Waals surface area contributed by atoms with Crippen molar-refractivity contribution in [2.24, 2.45) is 5.16 Å². The Bertz CT molecular complexity index is 927. The van der Waals surface area contributed by atoms with Crippen LogP contribution in [-0.4, -0.2) is 21.7 Å². The van der Waals surface area contributed by atoms with Gasteiger partial charge in [0.1, 0.15) is 0 Å². The first-order chi connectivity index (χ1) is 10.8. The van der Waals surface area contributed by atoms with Gasteiger partial charge in [0.05, 0.1) is 10.4 Å². The Morgan fingerprint density at radius 3 is 3.05 bits per heavy atom. The molecule has 1 aliphatic rings. The van der Waals surface area contributed by atoms with E-state index in [0.717, 1.165) is 39.6 Å². The molecule has 0 spiro atoms. The molecule has 0 amide bonds. The van der Waals surface area contributed by atoms with Crippen molar-refractivity contribution in [3.8, 4) is 0 Å². The van der Waals surface area contributed by atoms with E-state index >= 15 is 0 Å². The molecular formula is C17H12N2O2S. The number of oxime groups is 1. The van der Waals surface area contributed by atoms with Gasteiger partial charge in [-0.15, -0.1) is 11.3 Å². The predicted octanol–water partition coefficient (Wildman–Crippen LogP) is 3.65. The van der Waals surface area contributed by atoms with Crippen molar-refractivity contribution in [1.82, 2.24) is 4.98 Å². The number of fused-ring (bicyclic) bond motifs is 2. The van der Waals surface area contributed by atoms with Crippen molar-refractivity contribution in [3.63, 3.8) is 0 Å². The number of hydrogen-bond donors (Lipinski definition) is 1. The second-order valence-corrected chi connectivity index (χ2v) is 6.18. The lowest BCUT2D eigenvalue weighted by Crippen LogP contribution is -2.02. The number of nitrogens with zero attached hydrogens (tertiary/aromatic N) is 2. The third-order valence-electron chi connectivity index (χ3n) is 4.05. The minimum absolute atomic E-state index is 0.0228. The summed E-state index contributed by atoms with van der Waals surface area (Å²) in [5.74, 6) is 0.0228. The number of aromatic nitrogens is 1. The zero-order valence-electron chi connectivity index (χ0n) is 11.6. The van der Waals surface area contributed by atoms with E-state index in [2.05, 4.69) is 10.1 Å². The number of thiophene rings is 1. The Morgan fingerprint density at radius 2 is 2.18 bits per heavy atom. The van der Waals surface area contributed by atoms with Gasteiger partial charge in [-0.05, 0) is 30.5 Å². The van der Waals surface area contributed by atoms with Gasteiger partial charge in [0.2, 0.25) is 0 Å². The lowest BCUT2D eigenvalue weighted by atomic mass is 9.99. The number of rotatable bonds is 2. The molecule has 1 N–H and O–H groups in total. The van der Waals surface area contributed by atoms with Gasteiger partial charge in [-0.25, -0.2) is 0 Å². The maximum Gasteiger partial charge on any atom is 0.194 e. The monoisotopic (exact) mass is 308 g/mol. The molecule has 2 heterocycles. The minimum atomic E-state index is 0.0228. The van der Waals surface area contributed by atoms with E-state index in [4.69, 9.17) is 5.21 Å². The molecule has 4 rings (SSSR count). The van der Waals surface area contributed by atoms with E-state index in [1.54, 1.807) is 12.4 Å². The number of benzene rings is 1. The summed E-state index contributed by atoms with van der Waals surface area (Å²) in [6.07, 6.45) is 5.02. The standard InChI is InChI=1S/C17H12N2O2S/c20-17(14-9-22-16-8-18-6-5-13(14)16)11-1-3-12-10(7-11)2-4-15(12)19-21/h1,3,5-9,21H,2,4H2. The van der Waals surface area contributed by atoms with Crippen LogP contribution in [0.15, 0.2) is 47.2 Å². The van der Waals surface area contributed by atoms with E-state index in [1.807, 2.05) is 29.6 Å². The molecule has 108 valence electrons. The highest BCUT2D eigenvalue weighted by molar-refractivity contribution is 7.17. The highest BCUT2D eigenvalue weighted by Crippen LogP contribution is 2.29. The highest BCUT2D eigenvalue weighted by Gasteiger charge is 2.21. The first kappa shape index (κ1) is 13.2. The number of carbonyl (C=O) groups is 1. The quantitative estimate of drug-likeness (QED) is 0.446. The summed E-state index contributed by atoms with van der Waals surface area (Å²) in [6.45, 7) is 0. The molecule has 3 aromatic rings. The topological polar surface area (TPSA) is 62.5 Å². The molecule has 0 atom stereocenters. The van der Waals surface area contributed by atoms with Crippen molar-refractivity contribution in [3.05, 3.63) is 64.3 Å². The summed E-state index contributed by atoms with van der Waals surface area (Å²) in [4.78, 5) is 16.9. The molecule has 0 fully saturated rings. The molecule has 0 saturated heterocycles. The van der Waals surface area contributed by atoms with Crippen LogP contribution in [0.4, 0.5) is 0 Å². The SMILES string of the molecule is O=C(c1ccc2c(c1)CCC2=NO)c1csc2cnccc12. The van der Waals surface area contributed by atoms with Crippen LogP contribution in [0.2, 0.25) is 0 Å². The number of ketones is 1. The summed E-state index contributed by atoms with van der Waals surface area (Å²) in [5, 5.41) is 15.1. The third-order valence-corrected chi connectivity index (χ3v) is 4.99. The maximum absolute atomic E-state index is 12.8. The van der Waals surface area contributed by atoms with Crippen molar-refractivity contribution in [2.75, 3.05) is 0 Å². The average Bonchev–Trinajstić information content (AvgIpc) is 3.17. The van der Waals surface area contributed by atoms with Gasteiger partial charge in [-0.2, -0.15) is 0 Å². The molecule has 1 aliphatic carbocycles. The van der Waals surface area contributed by atoms with Crippen LogP contribution in [0.1, 0.15) is 33.5 Å². The molecule has 22 heavy (non-hydrogen) atoms. The number of carbonyl (C=O) groups excluding carboxylic acids is 1. The Labute approximate surface area is 130 Å². The first-order valence-corrected chi connectivity index (χ1v) is 7.86. The van der Waals surface area contributed by atoms with Gasteiger partial charge < -0.3 is 5.21 Å². The van der Waals surface area contributed by atoms with Gasteiger partial charge in [0.15, 0.2) is 5.78 Å². The van der Waals surface area contributed by atoms with E-state index in [1.165, 1.54) is 11.3 Å². The summed E-state index contributed by atoms with van der Waals surface area (Å²) in [7, 11) is 0. The zero-order valence-corrected chi connectivity index (χ0v) is 12.4. The Morgan fingerprint density at radius 1 is 1.27 bits per heavy atom. The van der Waals surface area contributed by atoms with Crippen molar-refractivity contribution in [2.45, 2.75) is 12.8 Å². The Hall–Kier alpha value is -2.53. The van der Waals surface area contributed by atoms with Crippen molar-refractivity contribution >= 4 is 32.9 Å². The van der Waals surface area contributed by atoms with Gasteiger partial charge in [-0.3, -0.25) is 9.78 Å². The Balaban J connectivity index is 1.78. The van der Waals surface area contributed by atoms with Crippen LogP contribution in [0.3, 0.4) is 0 Å². The van der Waals surface area contributed by atoms with Gasteiger partial charge in [0, 0.05) is 39.9 Å². The molecule has 0 saturated carbocycles. The molecule has 2 aromatic heterocycles. The lowest BCUT2D eigenvalue weighted by Gasteiger charge is -2.04. The van der Waals surface area contributed by atoms with E-state index < -0.39 is 0 Å². The molecular weight excluding hydrogens is 296 g/mol. The fraction of sp³-hybridized carbons (Fsp3) is 0.118. The van der Waals surface area contributed by atoms with Gasteiger partial charge >= 0.3 is 0 Å². The minimum Gasteiger partial charge on any atom is -0.411 e. The van der Waals surface area contributed by atoms with E-state index in [-0.39, 0.29) is 5.78 Å². The van der Waals surface area contributed by atoms with Gasteiger partial charge in [-0.1, -0.05) is 17.3 Å². The third kappa shape index (κ3) is 1.94. The zero-order chi connectivity index (χ0) is 15.1. The number of pyridine rings is 1. The largest absolute Gasteiger partial charge is 0.411 e. The summed E-state index contributed by atoms with van der Waals surface area (Å²) in [6, 6.07) is 7.48. The van der Waals surface area contributed by atoms with Crippen LogP contribution in [0, 0.1) is 0 Å². The Kier molecular flexibility index (Phi) is 3.01. The van der Waals surface area contributed by atoms with Crippen LogP contribution in [-0.2, 0) is 6.42 Å². The fourth-order valence-electron chi connectivity index (χ4n) is 2.93. The van der Waals surface area contributed by atoms with Crippen LogP contribution in [0.25, 0.3) is 10.1 Å². The summed E-state index contributed by atoms with van der Waals surface area (Å²) >= 11 is 1.53. The molecule has 5 heteroatoms. The maximum atomic E-state index is 12.8. The first-order valence-electron chi connectivity index (χ1n) is 6.98. The highest BCUT2D eigenvalue weighted by atomic mass is 32.1. The number of aryl methyl sites for hydroxylation is 1. The van der Waals surface area contributed by atoms with Crippen LogP contribution >= 0.6 is 11.3 Å². The smallest absolute Gasteiger partial charge is 0.194 e. The molecule has 1 aromatic carbocycles. The lowest BCUT2D eigenvalue weighted by molar-refractivity contribution is 0.104. The van der Waals surface area contributed by atoms with E-state index in [9.17, 15) is 4.79 Å². The van der Waals surface area contributed by atoms with E-state index in [0.29, 0.717) is 11.3 Å².